The van der Waals surface area contributed by atoms with Gasteiger partial charge in [-0.25, -0.2) is 4.79 Å². The minimum atomic E-state index is -0.343. The van der Waals surface area contributed by atoms with Crippen LogP contribution in [0.1, 0.15) is 12.5 Å². The Balaban J connectivity index is 2.74. The molecule has 1 N–H and O–H groups in total. The maximum atomic E-state index is 11.7. The molecule has 1 rings (SSSR count). The Kier molecular flexibility index (Phi) is 4.53. The van der Waals surface area contributed by atoms with E-state index in [1.54, 1.807) is 31.2 Å². The second-order valence-electron chi connectivity index (χ2n) is 3.30. The molecule has 0 atom stereocenters. The molecule has 0 fully saturated rings. The van der Waals surface area contributed by atoms with E-state index in [9.17, 15) is 4.79 Å². The van der Waals surface area contributed by atoms with Crippen LogP contribution >= 0.6 is 0 Å². The van der Waals surface area contributed by atoms with Gasteiger partial charge in [-0.3, -0.25) is 0 Å². The van der Waals surface area contributed by atoms with Crippen LogP contribution < -0.4 is 5.32 Å². The average molecular weight is 228 g/mol. The fourth-order valence-electron chi connectivity index (χ4n) is 1.28. The Bertz CT molecular complexity index is 484. The normalized spacial score (nSPS) is 8.88. The summed E-state index contributed by atoms with van der Waals surface area (Å²) in [4.78, 5) is 13.1. The topological polar surface area (TPSA) is 79.9 Å². The fraction of sp³-hybridized carbons (Fsp3) is 0.250. The van der Waals surface area contributed by atoms with Crippen molar-refractivity contribution < 1.29 is 4.79 Å². The van der Waals surface area contributed by atoms with Crippen LogP contribution in [-0.2, 0) is 0 Å². The van der Waals surface area contributed by atoms with Gasteiger partial charge in [0.15, 0.2) is 0 Å². The Morgan fingerprint density at radius 2 is 2.24 bits per heavy atom. The van der Waals surface area contributed by atoms with E-state index in [-0.39, 0.29) is 12.6 Å². The summed E-state index contributed by atoms with van der Waals surface area (Å²) < 4.78 is 0. The highest BCUT2D eigenvalue weighted by Gasteiger charge is 2.10. The second kappa shape index (κ2) is 6.14. The molecule has 0 aliphatic rings. The van der Waals surface area contributed by atoms with Crippen molar-refractivity contribution in [2.24, 2.45) is 0 Å². The Hall–Kier alpha value is -2.53. The smallest absolute Gasteiger partial charge is 0.311 e. The molecule has 0 saturated heterocycles. The molecule has 0 bridgehead atoms. The predicted molar refractivity (Wildman–Crippen MR) is 63.0 cm³/mol. The number of nitrogens with one attached hydrogen (secondary N) is 1. The predicted octanol–water partition coefficient (Wildman–Crippen LogP) is 1.94. The van der Waals surface area contributed by atoms with Crippen molar-refractivity contribution in [2.45, 2.75) is 6.92 Å². The maximum Gasteiger partial charge on any atom is 0.322 e. The number of amides is 2. The first-order chi connectivity index (χ1) is 8.21. The minimum absolute atomic E-state index is 0.0419. The molecular formula is C12H12N4O. The van der Waals surface area contributed by atoms with Gasteiger partial charge in [-0.1, -0.05) is 6.07 Å². The van der Waals surface area contributed by atoms with Gasteiger partial charge in [-0.2, -0.15) is 10.5 Å². The Labute approximate surface area is 99.9 Å². The molecule has 0 heterocycles. The van der Waals surface area contributed by atoms with E-state index in [0.29, 0.717) is 17.8 Å². The number of carbonyl (C=O) groups excluding carboxylic acids is 1. The lowest BCUT2D eigenvalue weighted by atomic mass is 10.2. The molecule has 5 heteroatoms. The van der Waals surface area contributed by atoms with Gasteiger partial charge in [0.25, 0.3) is 0 Å². The van der Waals surface area contributed by atoms with Crippen molar-refractivity contribution in [2.75, 3.05) is 18.4 Å². The summed E-state index contributed by atoms with van der Waals surface area (Å²) >= 11 is 0. The number of nitrogens with zero attached hydrogens (tertiary/aromatic N) is 3. The summed E-state index contributed by atoms with van der Waals surface area (Å²) in [6, 6.07) is 10.2. The third kappa shape index (κ3) is 3.51. The molecule has 86 valence electrons. The van der Waals surface area contributed by atoms with Crippen molar-refractivity contribution >= 4 is 11.7 Å². The summed E-state index contributed by atoms with van der Waals surface area (Å²) in [6.07, 6.45) is 0. The lowest BCUT2D eigenvalue weighted by Crippen LogP contribution is -2.35. The summed E-state index contributed by atoms with van der Waals surface area (Å²) in [7, 11) is 0. The van der Waals surface area contributed by atoms with Crippen molar-refractivity contribution in [3.8, 4) is 12.1 Å². The summed E-state index contributed by atoms with van der Waals surface area (Å²) in [5.41, 5.74) is 1.02. The number of nitriles is 2. The Morgan fingerprint density at radius 1 is 1.47 bits per heavy atom. The number of urea groups is 1. The lowest BCUT2D eigenvalue weighted by Gasteiger charge is -2.17. The number of carbonyl (C=O) groups is 1. The highest BCUT2D eigenvalue weighted by atomic mass is 16.2. The second-order valence-corrected chi connectivity index (χ2v) is 3.30. The van der Waals surface area contributed by atoms with Gasteiger partial charge in [0.1, 0.15) is 6.54 Å². The van der Waals surface area contributed by atoms with E-state index >= 15 is 0 Å². The van der Waals surface area contributed by atoms with Gasteiger partial charge in [-0.15, -0.1) is 0 Å². The number of anilines is 1. The van der Waals surface area contributed by atoms with E-state index in [0.717, 1.165) is 0 Å². The van der Waals surface area contributed by atoms with Gasteiger partial charge in [0.2, 0.25) is 0 Å². The van der Waals surface area contributed by atoms with Crippen molar-refractivity contribution in [3.05, 3.63) is 29.8 Å². The van der Waals surface area contributed by atoms with E-state index in [1.165, 1.54) is 4.90 Å². The number of hydrogen-bond acceptors (Lipinski definition) is 3. The maximum absolute atomic E-state index is 11.7. The third-order valence-electron chi connectivity index (χ3n) is 2.17. The van der Waals surface area contributed by atoms with Crippen LogP contribution in [0.2, 0.25) is 0 Å². The zero-order valence-corrected chi connectivity index (χ0v) is 9.47. The first-order valence-electron chi connectivity index (χ1n) is 5.14. The molecule has 0 aliphatic carbocycles. The number of benzene rings is 1. The van der Waals surface area contributed by atoms with Gasteiger partial charge in [-0.05, 0) is 25.1 Å². The highest BCUT2D eigenvalue weighted by molar-refractivity contribution is 5.89. The Morgan fingerprint density at radius 3 is 2.82 bits per heavy atom. The highest BCUT2D eigenvalue weighted by Crippen LogP contribution is 2.10. The molecule has 0 aromatic heterocycles. The SMILES string of the molecule is CCN(CC#N)C(=O)Nc1cccc(C#N)c1. The quantitative estimate of drug-likeness (QED) is 0.803. The first kappa shape index (κ1) is 12.5. The van der Waals surface area contributed by atoms with Crippen molar-refractivity contribution in [1.82, 2.24) is 4.90 Å². The van der Waals surface area contributed by atoms with Gasteiger partial charge >= 0.3 is 6.03 Å². The van der Waals surface area contributed by atoms with Crippen LogP contribution in [0, 0.1) is 22.7 Å². The molecular weight excluding hydrogens is 216 g/mol. The van der Waals surface area contributed by atoms with E-state index in [1.807, 2.05) is 12.1 Å². The zero-order chi connectivity index (χ0) is 12.7. The van der Waals surface area contributed by atoms with Gasteiger partial charge in [0.05, 0.1) is 17.7 Å². The molecule has 2 amide bonds. The summed E-state index contributed by atoms with van der Waals surface area (Å²) in [5, 5.41) is 19.9. The molecule has 1 aromatic rings. The van der Waals surface area contributed by atoms with Crippen LogP contribution in [-0.4, -0.2) is 24.0 Å². The van der Waals surface area contributed by atoms with E-state index in [4.69, 9.17) is 10.5 Å². The number of rotatable bonds is 3. The van der Waals surface area contributed by atoms with Crippen molar-refractivity contribution in [3.63, 3.8) is 0 Å². The molecule has 0 unspecified atom stereocenters. The average Bonchev–Trinajstić information content (AvgIpc) is 2.36. The molecule has 5 nitrogen and oxygen atoms in total. The van der Waals surface area contributed by atoms with Gasteiger partial charge < -0.3 is 10.2 Å². The van der Waals surface area contributed by atoms with E-state index < -0.39 is 0 Å². The summed E-state index contributed by atoms with van der Waals surface area (Å²) in [5.74, 6) is 0. The van der Waals surface area contributed by atoms with Crippen LogP contribution in [0.4, 0.5) is 10.5 Å². The molecule has 1 aromatic carbocycles. The van der Waals surface area contributed by atoms with Crippen LogP contribution in [0.15, 0.2) is 24.3 Å². The molecule has 17 heavy (non-hydrogen) atoms. The summed E-state index contributed by atoms with van der Waals surface area (Å²) in [6.45, 7) is 2.29. The zero-order valence-electron chi connectivity index (χ0n) is 9.47. The lowest BCUT2D eigenvalue weighted by molar-refractivity contribution is 0.220. The third-order valence-corrected chi connectivity index (χ3v) is 2.17. The van der Waals surface area contributed by atoms with Crippen LogP contribution in [0.3, 0.4) is 0 Å². The fourth-order valence-corrected chi connectivity index (χ4v) is 1.28. The van der Waals surface area contributed by atoms with Gasteiger partial charge in [0, 0.05) is 12.2 Å². The largest absolute Gasteiger partial charge is 0.322 e. The molecule has 0 spiro atoms. The van der Waals surface area contributed by atoms with Crippen LogP contribution in [0.5, 0.6) is 0 Å². The molecule has 0 radical (unpaired) electrons. The first-order valence-corrected chi connectivity index (χ1v) is 5.14. The van der Waals surface area contributed by atoms with E-state index in [2.05, 4.69) is 5.32 Å². The monoisotopic (exact) mass is 228 g/mol. The number of hydrogen-bond donors (Lipinski definition) is 1. The standard InChI is InChI=1S/C12H12N4O/c1-2-16(7-6-13)12(17)15-11-5-3-4-10(8-11)9-14/h3-5,8H,2,7H2,1H3,(H,15,17). The minimum Gasteiger partial charge on any atom is -0.311 e. The molecule has 0 aliphatic heterocycles. The molecule has 0 saturated carbocycles. The van der Waals surface area contributed by atoms with Crippen LogP contribution in [0.25, 0.3) is 0 Å². The van der Waals surface area contributed by atoms with Crippen molar-refractivity contribution in [1.29, 1.82) is 10.5 Å².